The molecule has 0 amide bonds. The lowest BCUT2D eigenvalue weighted by atomic mass is 10.1. The van der Waals surface area contributed by atoms with Gasteiger partial charge in [-0.2, -0.15) is 5.10 Å². The largest absolute Gasteiger partial charge is 0.497 e. The van der Waals surface area contributed by atoms with Crippen LogP contribution in [-0.4, -0.2) is 45.1 Å². The number of ether oxygens (including phenoxy) is 1. The lowest BCUT2D eigenvalue weighted by Crippen LogP contribution is -2.07. The molecule has 1 aromatic heterocycles. The second kappa shape index (κ2) is 10.8. The maximum Gasteiger partial charge on any atom is 0.119 e. The van der Waals surface area contributed by atoms with Gasteiger partial charge >= 0.3 is 0 Å². The first-order valence-corrected chi connectivity index (χ1v) is 11.6. The fourth-order valence-corrected chi connectivity index (χ4v) is 3.68. The molecule has 0 spiro atoms. The van der Waals surface area contributed by atoms with E-state index in [1.165, 1.54) is 11.4 Å². The van der Waals surface area contributed by atoms with Gasteiger partial charge in [-0.1, -0.05) is 36.4 Å². The normalized spacial score (nSPS) is 11.3. The highest BCUT2D eigenvalue weighted by Crippen LogP contribution is 2.21. The molecule has 4 aromatic rings. The second-order valence-electron chi connectivity index (χ2n) is 8.74. The highest BCUT2D eigenvalue weighted by Gasteiger charge is 2.07. The Labute approximate surface area is 208 Å². The zero-order valence-corrected chi connectivity index (χ0v) is 21.0. The molecule has 0 saturated carbocycles. The first kappa shape index (κ1) is 23.9. The van der Waals surface area contributed by atoms with Crippen molar-refractivity contribution in [3.8, 4) is 11.4 Å². The predicted molar refractivity (Wildman–Crippen MR) is 150 cm³/mol. The molecule has 0 atom stereocenters. The maximum atomic E-state index is 5.32. The number of hydrogen-bond donors (Lipinski definition) is 0. The van der Waals surface area contributed by atoms with E-state index < -0.39 is 0 Å². The van der Waals surface area contributed by atoms with Gasteiger partial charge in [0.25, 0.3) is 0 Å². The summed E-state index contributed by atoms with van der Waals surface area (Å²) in [5.74, 6) is 0.820. The summed E-state index contributed by atoms with van der Waals surface area (Å²) in [6, 6.07) is 27.0. The zero-order chi connectivity index (χ0) is 24.8. The summed E-state index contributed by atoms with van der Waals surface area (Å²) in [5.41, 5.74) is 7.48. The van der Waals surface area contributed by atoms with E-state index in [2.05, 4.69) is 82.6 Å². The van der Waals surface area contributed by atoms with E-state index in [1.54, 1.807) is 7.11 Å². The summed E-state index contributed by atoms with van der Waals surface area (Å²) in [6.07, 6.45) is 8.36. The highest BCUT2D eigenvalue weighted by molar-refractivity contribution is 5.74. The van der Waals surface area contributed by atoms with Crippen LogP contribution in [-0.2, 0) is 0 Å². The van der Waals surface area contributed by atoms with E-state index in [0.29, 0.717) is 0 Å². The van der Waals surface area contributed by atoms with Gasteiger partial charge < -0.3 is 14.5 Å². The van der Waals surface area contributed by atoms with E-state index in [-0.39, 0.29) is 0 Å². The molecule has 0 aliphatic carbocycles. The highest BCUT2D eigenvalue weighted by atomic mass is 16.5. The topological polar surface area (TPSA) is 33.5 Å². The number of hydrogen-bond acceptors (Lipinski definition) is 4. The maximum absolute atomic E-state index is 5.32. The Balaban J connectivity index is 1.64. The number of rotatable bonds is 8. The van der Waals surface area contributed by atoms with Crippen molar-refractivity contribution in [3.63, 3.8) is 0 Å². The molecule has 4 rings (SSSR count). The fourth-order valence-electron chi connectivity index (χ4n) is 3.68. The first-order valence-electron chi connectivity index (χ1n) is 11.6. The molecule has 35 heavy (non-hydrogen) atoms. The Morgan fingerprint density at radius 2 is 1.17 bits per heavy atom. The van der Waals surface area contributed by atoms with Crippen LogP contribution < -0.4 is 14.5 Å². The van der Waals surface area contributed by atoms with Crippen LogP contribution >= 0.6 is 0 Å². The van der Waals surface area contributed by atoms with Crippen molar-refractivity contribution in [2.75, 3.05) is 45.1 Å². The number of anilines is 2. The van der Waals surface area contributed by atoms with Crippen molar-refractivity contribution in [3.05, 3.63) is 101 Å². The third kappa shape index (κ3) is 6.01. The zero-order valence-electron chi connectivity index (χ0n) is 21.0. The molecular weight excluding hydrogens is 432 g/mol. The van der Waals surface area contributed by atoms with Gasteiger partial charge in [0.2, 0.25) is 0 Å². The van der Waals surface area contributed by atoms with Gasteiger partial charge in [0.15, 0.2) is 0 Å². The number of benzene rings is 3. The Morgan fingerprint density at radius 3 is 1.66 bits per heavy atom. The molecule has 0 aliphatic rings. The molecule has 0 radical (unpaired) electrons. The molecule has 3 aromatic carbocycles. The van der Waals surface area contributed by atoms with Crippen molar-refractivity contribution in [1.82, 2.24) is 9.78 Å². The molecule has 0 unspecified atom stereocenters. The molecule has 5 nitrogen and oxygen atoms in total. The Kier molecular flexibility index (Phi) is 7.36. The van der Waals surface area contributed by atoms with Gasteiger partial charge in [-0.15, -0.1) is 0 Å². The average Bonchev–Trinajstić information content (AvgIpc) is 3.30. The van der Waals surface area contributed by atoms with Crippen LogP contribution in [0.25, 0.3) is 30.0 Å². The van der Waals surface area contributed by atoms with Gasteiger partial charge in [0.1, 0.15) is 5.75 Å². The monoisotopic (exact) mass is 464 g/mol. The van der Waals surface area contributed by atoms with Crippen LogP contribution in [0.2, 0.25) is 0 Å². The fraction of sp³-hybridized carbons (Fsp3) is 0.167. The van der Waals surface area contributed by atoms with Gasteiger partial charge in [-0.3, -0.25) is 0 Å². The molecule has 5 heteroatoms. The summed E-state index contributed by atoms with van der Waals surface area (Å²) in [6.45, 7) is 0. The molecule has 0 aliphatic heterocycles. The Morgan fingerprint density at radius 1 is 0.657 bits per heavy atom. The van der Waals surface area contributed by atoms with Crippen LogP contribution in [0.1, 0.15) is 22.5 Å². The van der Waals surface area contributed by atoms with E-state index in [0.717, 1.165) is 34.0 Å². The summed E-state index contributed by atoms with van der Waals surface area (Å²) in [5, 5.41) is 4.87. The van der Waals surface area contributed by atoms with Crippen LogP contribution in [0.5, 0.6) is 5.75 Å². The molecular formula is C30H32N4O. The minimum absolute atomic E-state index is 0.820. The van der Waals surface area contributed by atoms with Crippen molar-refractivity contribution in [2.45, 2.75) is 0 Å². The van der Waals surface area contributed by atoms with Crippen molar-refractivity contribution < 1.29 is 4.74 Å². The Bertz CT molecular complexity index is 1300. The average molecular weight is 465 g/mol. The molecule has 1 heterocycles. The number of nitrogens with zero attached hydrogens (tertiary/aromatic N) is 4. The van der Waals surface area contributed by atoms with E-state index in [9.17, 15) is 0 Å². The SMILES string of the molecule is COc1ccc(-n2nc(/C=C/c3ccc(N(C)C)cc3)cc2/C=C/c2ccc(N(C)C)cc2)cc1. The smallest absolute Gasteiger partial charge is 0.119 e. The molecule has 0 N–H and O–H groups in total. The standard InChI is InChI=1S/C30H32N4O/c1-32(2)26-13-7-23(8-14-26)6-12-25-22-29(17-11-24-9-15-27(16-10-24)33(3)4)34(31-25)28-18-20-30(35-5)21-19-28/h6-22H,1-5H3/b12-6+,17-11+. The molecule has 0 bridgehead atoms. The summed E-state index contributed by atoms with van der Waals surface area (Å²) in [4.78, 5) is 4.19. The summed E-state index contributed by atoms with van der Waals surface area (Å²) >= 11 is 0. The minimum atomic E-state index is 0.820. The third-order valence-corrected chi connectivity index (χ3v) is 5.78. The first-order chi connectivity index (χ1) is 16.9. The van der Waals surface area contributed by atoms with Gasteiger partial charge in [0.05, 0.1) is 24.2 Å². The Hall–Kier alpha value is -4.25. The van der Waals surface area contributed by atoms with Crippen LogP contribution in [0.15, 0.2) is 78.9 Å². The molecule has 178 valence electrons. The molecule has 0 saturated heterocycles. The van der Waals surface area contributed by atoms with E-state index in [1.807, 2.05) is 63.2 Å². The lowest BCUT2D eigenvalue weighted by Gasteiger charge is -2.11. The van der Waals surface area contributed by atoms with Crippen molar-refractivity contribution >= 4 is 35.7 Å². The van der Waals surface area contributed by atoms with E-state index >= 15 is 0 Å². The van der Waals surface area contributed by atoms with Crippen molar-refractivity contribution in [1.29, 1.82) is 0 Å². The van der Waals surface area contributed by atoms with Gasteiger partial charge in [-0.25, -0.2) is 4.68 Å². The molecule has 0 fully saturated rings. The van der Waals surface area contributed by atoms with Crippen LogP contribution in [0.4, 0.5) is 11.4 Å². The van der Waals surface area contributed by atoms with Crippen LogP contribution in [0.3, 0.4) is 0 Å². The van der Waals surface area contributed by atoms with Gasteiger partial charge in [0, 0.05) is 39.6 Å². The summed E-state index contributed by atoms with van der Waals surface area (Å²) in [7, 11) is 9.85. The van der Waals surface area contributed by atoms with Crippen molar-refractivity contribution in [2.24, 2.45) is 0 Å². The number of methoxy groups -OCH3 is 1. The van der Waals surface area contributed by atoms with Crippen LogP contribution in [0, 0.1) is 0 Å². The quantitative estimate of drug-likeness (QED) is 0.304. The lowest BCUT2D eigenvalue weighted by molar-refractivity contribution is 0.414. The minimum Gasteiger partial charge on any atom is -0.497 e. The predicted octanol–water partition coefficient (Wildman–Crippen LogP) is 6.35. The van der Waals surface area contributed by atoms with E-state index in [4.69, 9.17) is 9.84 Å². The summed E-state index contributed by atoms with van der Waals surface area (Å²) < 4.78 is 7.28. The van der Waals surface area contributed by atoms with Gasteiger partial charge in [-0.05, 0) is 77.9 Å². The number of aromatic nitrogens is 2. The second-order valence-corrected chi connectivity index (χ2v) is 8.74. The third-order valence-electron chi connectivity index (χ3n) is 5.78.